The average Bonchev–Trinajstić information content (AvgIpc) is 2.43. The van der Waals surface area contributed by atoms with Gasteiger partial charge in [-0.3, -0.25) is 4.79 Å². The fourth-order valence-electron chi connectivity index (χ4n) is 1.67. The maximum Gasteiger partial charge on any atom is 0.223 e. The Morgan fingerprint density at radius 3 is 2.57 bits per heavy atom. The van der Waals surface area contributed by atoms with E-state index in [4.69, 9.17) is 5.73 Å². The summed E-state index contributed by atoms with van der Waals surface area (Å²) in [4.78, 5) is 15.6. The lowest BCUT2D eigenvalue weighted by Crippen LogP contribution is -2.33. The number of carbonyl (C=O) groups is 1. The van der Waals surface area contributed by atoms with Gasteiger partial charge in [-0.15, -0.1) is 0 Å². The molecule has 2 unspecified atom stereocenters. The molecule has 0 aromatic heterocycles. The monoisotopic (exact) mass is 199 g/mol. The standard InChI is InChI=1S/C10H21N3O/c1-8-6-13(7-9(8)11)10(14)4-5-12(2)3/h8-9H,4-7,11H2,1-3H3. The van der Waals surface area contributed by atoms with E-state index in [1.165, 1.54) is 0 Å². The Bertz CT molecular complexity index is 196. The molecule has 14 heavy (non-hydrogen) atoms. The Labute approximate surface area is 86.0 Å². The third-order valence-electron chi connectivity index (χ3n) is 2.80. The second-order valence-electron chi connectivity index (χ2n) is 4.49. The second kappa shape index (κ2) is 4.75. The molecule has 0 aromatic carbocycles. The van der Waals surface area contributed by atoms with Crippen molar-refractivity contribution in [3.8, 4) is 0 Å². The minimum Gasteiger partial charge on any atom is -0.341 e. The number of nitrogens with two attached hydrogens (primary N) is 1. The van der Waals surface area contributed by atoms with Crippen LogP contribution in [-0.2, 0) is 4.79 Å². The van der Waals surface area contributed by atoms with Crippen LogP contribution < -0.4 is 5.73 Å². The molecular formula is C10H21N3O. The molecule has 1 fully saturated rings. The summed E-state index contributed by atoms with van der Waals surface area (Å²) < 4.78 is 0. The molecule has 4 nitrogen and oxygen atoms in total. The van der Waals surface area contributed by atoms with Gasteiger partial charge >= 0.3 is 0 Å². The van der Waals surface area contributed by atoms with Gasteiger partial charge in [0.05, 0.1) is 0 Å². The Balaban J connectivity index is 2.32. The summed E-state index contributed by atoms with van der Waals surface area (Å²) in [6.45, 7) is 4.48. The van der Waals surface area contributed by atoms with Crippen LogP contribution in [0.2, 0.25) is 0 Å². The van der Waals surface area contributed by atoms with Crippen molar-refractivity contribution < 1.29 is 4.79 Å². The Kier molecular flexibility index (Phi) is 3.89. The zero-order valence-electron chi connectivity index (χ0n) is 9.36. The fourth-order valence-corrected chi connectivity index (χ4v) is 1.67. The van der Waals surface area contributed by atoms with Crippen molar-refractivity contribution in [2.75, 3.05) is 33.7 Å². The summed E-state index contributed by atoms with van der Waals surface area (Å²) in [7, 11) is 3.96. The number of hydrogen-bond acceptors (Lipinski definition) is 3. The topological polar surface area (TPSA) is 49.6 Å². The maximum absolute atomic E-state index is 11.7. The van der Waals surface area contributed by atoms with Gasteiger partial charge in [0, 0.05) is 32.1 Å². The van der Waals surface area contributed by atoms with E-state index in [-0.39, 0.29) is 11.9 Å². The Morgan fingerprint density at radius 1 is 1.50 bits per heavy atom. The molecule has 0 aromatic rings. The lowest BCUT2D eigenvalue weighted by Gasteiger charge is -2.17. The number of amides is 1. The SMILES string of the molecule is CC1CN(C(=O)CCN(C)C)CC1N. The van der Waals surface area contributed by atoms with Crippen molar-refractivity contribution in [1.29, 1.82) is 0 Å². The Hall–Kier alpha value is -0.610. The van der Waals surface area contributed by atoms with Crippen LogP contribution in [-0.4, -0.2) is 55.5 Å². The summed E-state index contributed by atoms with van der Waals surface area (Å²) in [6, 6.07) is 0.165. The number of rotatable bonds is 3. The molecular weight excluding hydrogens is 178 g/mol. The van der Waals surface area contributed by atoms with E-state index in [0.29, 0.717) is 12.3 Å². The van der Waals surface area contributed by atoms with E-state index in [9.17, 15) is 4.79 Å². The van der Waals surface area contributed by atoms with Crippen molar-refractivity contribution in [2.24, 2.45) is 11.7 Å². The van der Waals surface area contributed by atoms with Gasteiger partial charge in [-0.2, -0.15) is 0 Å². The number of carbonyl (C=O) groups excluding carboxylic acids is 1. The van der Waals surface area contributed by atoms with Crippen molar-refractivity contribution in [2.45, 2.75) is 19.4 Å². The number of likely N-dealkylation sites (tertiary alicyclic amines) is 1. The maximum atomic E-state index is 11.7. The van der Waals surface area contributed by atoms with Gasteiger partial charge in [0.25, 0.3) is 0 Å². The molecule has 1 amide bonds. The van der Waals surface area contributed by atoms with Crippen LogP contribution >= 0.6 is 0 Å². The second-order valence-corrected chi connectivity index (χ2v) is 4.49. The first-order valence-electron chi connectivity index (χ1n) is 5.18. The van der Waals surface area contributed by atoms with Gasteiger partial charge in [0.1, 0.15) is 0 Å². The lowest BCUT2D eigenvalue weighted by atomic mass is 10.1. The van der Waals surface area contributed by atoms with Crippen LogP contribution in [0.5, 0.6) is 0 Å². The molecule has 0 spiro atoms. The van der Waals surface area contributed by atoms with E-state index in [0.717, 1.165) is 19.6 Å². The number of nitrogens with zero attached hydrogens (tertiary/aromatic N) is 2. The third kappa shape index (κ3) is 2.96. The van der Waals surface area contributed by atoms with Crippen LogP contribution in [0.3, 0.4) is 0 Å². The van der Waals surface area contributed by atoms with Gasteiger partial charge in [0.15, 0.2) is 0 Å². The molecule has 0 saturated carbocycles. The molecule has 1 aliphatic heterocycles. The Morgan fingerprint density at radius 2 is 2.14 bits per heavy atom. The lowest BCUT2D eigenvalue weighted by molar-refractivity contribution is -0.130. The first-order chi connectivity index (χ1) is 6.50. The highest BCUT2D eigenvalue weighted by molar-refractivity contribution is 5.76. The van der Waals surface area contributed by atoms with E-state index < -0.39 is 0 Å². The molecule has 1 heterocycles. The highest BCUT2D eigenvalue weighted by Gasteiger charge is 2.29. The first kappa shape index (κ1) is 11.5. The van der Waals surface area contributed by atoms with Gasteiger partial charge in [-0.05, 0) is 20.0 Å². The molecule has 82 valence electrons. The molecule has 4 heteroatoms. The molecule has 1 rings (SSSR count). The van der Waals surface area contributed by atoms with Gasteiger partial charge in [-0.25, -0.2) is 0 Å². The van der Waals surface area contributed by atoms with E-state index >= 15 is 0 Å². The molecule has 0 bridgehead atoms. The predicted molar refractivity (Wildman–Crippen MR) is 56.9 cm³/mol. The normalized spacial score (nSPS) is 27.4. The smallest absolute Gasteiger partial charge is 0.223 e. The zero-order chi connectivity index (χ0) is 10.7. The average molecular weight is 199 g/mol. The van der Waals surface area contributed by atoms with Gasteiger partial charge < -0.3 is 15.5 Å². The van der Waals surface area contributed by atoms with Crippen LogP contribution in [0.15, 0.2) is 0 Å². The van der Waals surface area contributed by atoms with Crippen molar-refractivity contribution in [3.05, 3.63) is 0 Å². The van der Waals surface area contributed by atoms with E-state index in [1.54, 1.807) is 0 Å². The van der Waals surface area contributed by atoms with Crippen molar-refractivity contribution >= 4 is 5.91 Å². The molecule has 2 N–H and O–H groups in total. The van der Waals surface area contributed by atoms with E-state index in [1.807, 2.05) is 23.9 Å². The summed E-state index contributed by atoms with van der Waals surface area (Å²) in [5.41, 5.74) is 5.86. The zero-order valence-corrected chi connectivity index (χ0v) is 9.36. The predicted octanol–water partition coefficient (Wildman–Crippen LogP) is -0.256. The highest BCUT2D eigenvalue weighted by atomic mass is 16.2. The minimum absolute atomic E-state index is 0.165. The third-order valence-corrected chi connectivity index (χ3v) is 2.80. The van der Waals surface area contributed by atoms with Crippen molar-refractivity contribution in [1.82, 2.24) is 9.80 Å². The van der Waals surface area contributed by atoms with E-state index in [2.05, 4.69) is 6.92 Å². The summed E-state index contributed by atoms with van der Waals surface area (Å²) in [6.07, 6.45) is 0.604. The minimum atomic E-state index is 0.165. The summed E-state index contributed by atoms with van der Waals surface area (Å²) in [5, 5.41) is 0. The van der Waals surface area contributed by atoms with Crippen LogP contribution in [0, 0.1) is 5.92 Å². The van der Waals surface area contributed by atoms with Crippen molar-refractivity contribution in [3.63, 3.8) is 0 Å². The largest absolute Gasteiger partial charge is 0.341 e. The highest BCUT2D eigenvalue weighted by Crippen LogP contribution is 2.15. The molecule has 0 radical (unpaired) electrons. The quantitative estimate of drug-likeness (QED) is 0.681. The van der Waals surface area contributed by atoms with Gasteiger partial charge in [-0.1, -0.05) is 6.92 Å². The van der Waals surface area contributed by atoms with Crippen LogP contribution in [0.25, 0.3) is 0 Å². The molecule has 2 atom stereocenters. The molecule has 1 saturated heterocycles. The fraction of sp³-hybridized carbons (Fsp3) is 0.900. The molecule has 1 aliphatic rings. The first-order valence-corrected chi connectivity index (χ1v) is 5.18. The summed E-state index contributed by atoms with van der Waals surface area (Å²) >= 11 is 0. The molecule has 0 aliphatic carbocycles. The van der Waals surface area contributed by atoms with Crippen LogP contribution in [0.4, 0.5) is 0 Å². The summed E-state index contributed by atoms with van der Waals surface area (Å²) in [5.74, 6) is 0.678. The number of hydrogen-bond donors (Lipinski definition) is 1. The van der Waals surface area contributed by atoms with Crippen LogP contribution in [0.1, 0.15) is 13.3 Å². The van der Waals surface area contributed by atoms with Gasteiger partial charge in [0.2, 0.25) is 5.91 Å².